The van der Waals surface area contributed by atoms with Gasteiger partial charge in [0.1, 0.15) is 5.82 Å². The first-order valence-electron chi connectivity index (χ1n) is 7.54. The molecule has 4 rings (SSSR count). The van der Waals surface area contributed by atoms with E-state index in [1.54, 1.807) is 11.3 Å². The molecule has 0 spiro atoms. The summed E-state index contributed by atoms with van der Waals surface area (Å²) in [4.78, 5) is 10.6. The van der Waals surface area contributed by atoms with Crippen LogP contribution < -0.4 is 4.90 Å². The quantitative estimate of drug-likeness (QED) is 0.728. The minimum Gasteiger partial charge on any atom is -0.354 e. The molecule has 1 aliphatic rings. The van der Waals surface area contributed by atoms with E-state index in [1.807, 2.05) is 16.9 Å². The van der Waals surface area contributed by atoms with E-state index in [9.17, 15) is 0 Å². The Kier molecular flexibility index (Phi) is 3.35. The summed E-state index contributed by atoms with van der Waals surface area (Å²) in [5.41, 5.74) is 3.35. The van der Waals surface area contributed by atoms with E-state index in [4.69, 9.17) is 0 Å². The second-order valence-electron chi connectivity index (χ2n) is 5.88. The SMILES string of the molecule is Cc1csc(-c2cnn3c(N4CCN(C)CC4)ccnc23)c1. The van der Waals surface area contributed by atoms with Crippen LogP contribution in [-0.2, 0) is 0 Å². The third-order valence-corrected chi connectivity index (χ3v) is 5.29. The van der Waals surface area contributed by atoms with Gasteiger partial charge in [0.15, 0.2) is 5.65 Å². The van der Waals surface area contributed by atoms with Crippen molar-refractivity contribution in [2.75, 3.05) is 38.1 Å². The van der Waals surface area contributed by atoms with Crippen molar-refractivity contribution < 1.29 is 0 Å². The molecule has 4 heterocycles. The standard InChI is InChI=1S/C16H19N5S/c1-12-9-14(22-11-12)13-10-18-21-15(3-4-17-16(13)21)20-7-5-19(2)6-8-20/h3-4,9-11H,5-8H2,1-2H3. The van der Waals surface area contributed by atoms with Crippen LogP contribution in [0.1, 0.15) is 5.56 Å². The summed E-state index contributed by atoms with van der Waals surface area (Å²) in [7, 11) is 2.17. The average Bonchev–Trinajstić information content (AvgIpc) is 3.13. The van der Waals surface area contributed by atoms with E-state index < -0.39 is 0 Å². The number of thiophene rings is 1. The molecule has 6 heteroatoms. The Morgan fingerprint density at radius 2 is 2.00 bits per heavy atom. The van der Waals surface area contributed by atoms with Crippen molar-refractivity contribution in [3.63, 3.8) is 0 Å². The van der Waals surface area contributed by atoms with Gasteiger partial charge in [-0.05, 0) is 37.0 Å². The molecule has 0 radical (unpaired) electrons. The van der Waals surface area contributed by atoms with Gasteiger partial charge in [-0.2, -0.15) is 9.61 Å². The Labute approximate surface area is 133 Å². The normalized spacial score (nSPS) is 16.5. The number of hydrogen-bond acceptors (Lipinski definition) is 5. The van der Waals surface area contributed by atoms with Gasteiger partial charge in [0, 0.05) is 37.3 Å². The first kappa shape index (κ1) is 13.7. The molecule has 3 aromatic heterocycles. The van der Waals surface area contributed by atoms with Crippen LogP contribution >= 0.6 is 11.3 Å². The number of aromatic nitrogens is 3. The van der Waals surface area contributed by atoms with Crippen LogP contribution in [0.3, 0.4) is 0 Å². The molecule has 1 fully saturated rings. The van der Waals surface area contributed by atoms with E-state index in [0.29, 0.717) is 0 Å². The van der Waals surface area contributed by atoms with Gasteiger partial charge >= 0.3 is 0 Å². The fourth-order valence-electron chi connectivity index (χ4n) is 2.90. The maximum absolute atomic E-state index is 4.60. The summed E-state index contributed by atoms with van der Waals surface area (Å²) in [6.45, 7) is 6.35. The number of hydrogen-bond donors (Lipinski definition) is 0. The summed E-state index contributed by atoms with van der Waals surface area (Å²) in [6.07, 6.45) is 3.84. The number of anilines is 1. The van der Waals surface area contributed by atoms with Crippen LogP contribution in [0.2, 0.25) is 0 Å². The molecule has 0 N–H and O–H groups in total. The van der Waals surface area contributed by atoms with Crippen molar-refractivity contribution in [1.82, 2.24) is 19.5 Å². The Bertz CT molecular complexity index is 798. The molecule has 22 heavy (non-hydrogen) atoms. The van der Waals surface area contributed by atoms with Gasteiger partial charge in [-0.15, -0.1) is 11.3 Å². The number of aryl methyl sites for hydroxylation is 1. The first-order chi connectivity index (χ1) is 10.7. The third kappa shape index (κ3) is 2.28. The summed E-state index contributed by atoms with van der Waals surface area (Å²) in [6, 6.07) is 4.26. The topological polar surface area (TPSA) is 36.7 Å². The highest BCUT2D eigenvalue weighted by Gasteiger charge is 2.19. The van der Waals surface area contributed by atoms with Gasteiger partial charge in [-0.25, -0.2) is 4.98 Å². The lowest BCUT2D eigenvalue weighted by molar-refractivity contribution is 0.311. The summed E-state index contributed by atoms with van der Waals surface area (Å²) in [5, 5.41) is 6.77. The van der Waals surface area contributed by atoms with E-state index in [-0.39, 0.29) is 0 Å². The molecule has 114 valence electrons. The van der Waals surface area contributed by atoms with Crippen LogP contribution in [0.4, 0.5) is 5.82 Å². The van der Waals surface area contributed by atoms with Crippen molar-refractivity contribution in [3.8, 4) is 10.4 Å². The minimum absolute atomic E-state index is 0.943. The second-order valence-corrected chi connectivity index (χ2v) is 6.79. The van der Waals surface area contributed by atoms with Gasteiger partial charge < -0.3 is 9.80 Å². The molecule has 3 aromatic rings. The number of fused-ring (bicyclic) bond motifs is 1. The van der Waals surface area contributed by atoms with Gasteiger partial charge in [-0.3, -0.25) is 0 Å². The van der Waals surface area contributed by atoms with Gasteiger partial charge in [0.25, 0.3) is 0 Å². The van der Waals surface area contributed by atoms with Crippen LogP contribution in [0, 0.1) is 6.92 Å². The fraction of sp³-hybridized carbons (Fsp3) is 0.375. The smallest absolute Gasteiger partial charge is 0.166 e. The largest absolute Gasteiger partial charge is 0.354 e. The molecule has 5 nitrogen and oxygen atoms in total. The van der Waals surface area contributed by atoms with Crippen molar-refractivity contribution in [2.24, 2.45) is 0 Å². The summed E-state index contributed by atoms with van der Waals surface area (Å²) >= 11 is 1.75. The Morgan fingerprint density at radius 3 is 2.73 bits per heavy atom. The maximum Gasteiger partial charge on any atom is 0.166 e. The van der Waals surface area contributed by atoms with E-state index >= 15 is 0 Å². The highest BCUT2D eigenvalue weighted by atomic mass is 32.1. The molecule has 0 saturated carbocycles. The number of rotatable bonds is 2. The van der Waals surface area contributed by atoms with E-state index in [2.05, 4.69) is 51.4 Å². The third-order valence-electron chi connectivity index (χ3n) is 4.20. The van der Waals surface area contributed by atoms with Gasteiger partial charge in [-0.1, -0.05) is 0 Å². The summed E-state index contributed by atoms with van der Waals surface area (Å²) < 4.78 is 1.98. The first-order valence-corrected chi connectivity index (χ1v) is 8.42. The van der Waals surface area contributed by atoms with Crippen LogP contribution in [0.25, 0.3) is 16.1 Å². The van der Waals surface area contributed by atoms with Gasteiger partial charge in [0.2, 0.25) is 0 Å². The van der Waals surface area contributed by atoms with E-state index in [0.717, 1.165) is 43.2 Å². The predicted molar refractivity (Wildman–Crippen MR) is 90.7 cm³/mol. The van der Waals surface area contributed by atoms with Crippen LogP contribution in [0.5, 0.6) is 0 Å². The average molecular weight is 313 g/mol. The highest BCUT2D eigenvalue weighted by molar-refractivity contribution is 7.13. The van der Waals surface area contributed by atoms with E-state index in [1.165, 1.54) is 10.4 Å². The molecule has 0 aliphatic carbocycles. The number of nitrogens with zero attached hydrogens (tertiary/aromatic N) is 5. The lowest BCUT2D eigenvalue weighted by Crippen LogP contribution is -2.45. The van der Waals surface area contributed by atoms with Crippen LogP contribution in [0.15, 0.2) is 29.9 Å². The molecule has 1 aliphatic heterocycles. The lowest BCUT2D eigenvalue weighted by Gasteiger charge is -2.33. The Hall–Kier alpha value is -1.92. The number of piperazine rings is 1. The lowest BCUT2D eigenvalue weighted by atomic mass is 10.2. The molecule has 0 atom stereocenters. The molecule has 0 unspecified atom stereocenters. The zero-order chi connectivity index (χ0) is 15.1. The van der Waals surface area contributed by atoms with Crippen LogP contribution in [-0.4, -0.2) is 52.7 Å². The Balaban J connectivity index is 1.77. The van der Waals surface area contributed by atoms with Gasteiger partial charge in [0.05, 0.1) is 11.8 Å². The predicted octanol–water partition coefficient (Wildman–Crippen LogP) is 2.52. The number of likely N-dealkylation sites (N-methyl/N-ethyl adjacent to an activating group) is 1. The molecule has 0 aromatic carbocycles. The zero-order valence-corrected chi connectivity index (χ0v) is 13.7. The van der Waals surface area contributed by atoms with Crippen molar-refractivity contribution in [2.45, 2.75) is 6.92 Å². The van der Waals surface area contributed by atoms with Crippen molar-refractivity contribution >= 4 is 22.8 Å². The molecule has 1 saturated heterocycles. The second kappa shape index (κ2) is 5.37. The monoisotopic (exact) mass is 313 g/mol. The fourth-order valence-corrected chi connectivity index (χ4v) is 3.81. The summed E-state index contributed by atoms with van der Waals surface area (Å²) in [5.74, 6) is 1.14. The Morgan fingerprint density at radius 1 is 1.18 bits per heavy atom. The molecule has 0 bridgehead atoms. The maximum atomic E-state index is 4.60. The molecular weight excluding hydrogens is 294 g/mol. The van der Waals surface area contributed by atoms with Crippen molar-refractivity contribution in [1.29, 1.82) is 0 Å². The van der Waals surface area contributed by atoms with Crippen molar-refractivity contribution in [3.05, 3.63) is 35.5 Å². The molecule has 0 amide bonds. The molecular formula is C16H19N5S. The highest BCUT2D eigenvalue weighted by Crippen LogP contribution is 2.31. The zero-order valence-electron chi connectivity index (χ0n) is 12.9. The minimum atomic E-state index is 0.943.